The summed E-state index contributed by atoms with van der Waals surface area (Å²) in [7, 11) is 0. The quantitative estimate of drug-likeness (QED) is 0.846. The fraction of sp³-hybridized carbons (Fsp3) is 0.500. The average Bonchev–Trinajstić information content (AvgIpc) is 2.44. The minimum Gasteiger partial charge on any atom is -0.314 e. The van der Waals surface area contributed by atoms with Crippen LogP contribution in [0.5, 0.6) is 0 Å². The normalized spacial score (nSPS) is 16.7. The van der Waals surface area contributed by atoms with E-state index < -0.39 is 11.7 Å². The first-order valence-corrected chi connectivity index (χ1v) is 6.99. The molecule has 130 valence electrons. The molecular weight excluding hydrogens is 374 g/mol. The summed E-state index contributed by atoms with van der Waals surface area (Å²) < 4.78 is 38.7. The van der Waals surface area contributed by atoms with Gasteiger partial charge in [0, 0.05) is 37.2 Å². The van der Waals surface area contributed by atoms with Gasteiger partial charge in [0.15, 0.2) is 0 Å². The third kappa shape index (κ3) is 6.02. The molecule has 1 aliphatic heterocycles. The van der Waals surface area contributed by atoms with Crippen molar-refractivity contribution in [2.24, 2.45) is 0 Å². The largest absolute Gasteiger partial charge is 0.416 e. The zero-order chi connectivity index (χ0) is 15.5. The first kappa shape index (κ1) is 22.3. The van der Waals surface area contributed by atoms with Crippen molar-refractivity contribution >= 4 is 36.4 Å². The lowest BCUT2D eigenvalue weighted by Gasteiger charge is -2.34. The summed E-state index contributed by atoms with van der Waals surface area (Å²) in [4.78, 5) is 2.02. The molecule has 1 atom stereocenters. The van der Waals surface area contributed by atoms with Gasteiger partial charge in [0.25, 0.3) is 0 Å². The predicted molar refractivity (Wildman–Crippen MR) is 88.4 cm³/mol. The highest BCUT2D eigenvalue weighted by atomic mass is 35.5. The van der Waals surface area contributed by atoms with Gasteiger partial charge in [-0.1, -0.05) is 11.6 Å². The minimum absolute atomic E-state index is 0. The number of nitrogens with one attached hydrogen (secondary N) is 1. The van der Waals surface area contributed by atoms with Crippen molar-refractivity contribution in [2.45, 2.75) is 18.6 Å². The molecule has 0 radical (unpaired) electrons. The van der Waals surface area contributed by atoms with E-state index in [2.05, 4.69) is 11.4 Å². The SMILES string of the molecule is Cl.Cl.N#CC[C@@H](c1cc(Cl)cc(C(F)(F)F)c1)N1CCNCC1. The van der Waals surface area contributed by atoms with Crippen molar-refractivity contribution in [1.29, 1.82) is 5.26 Å². The lowest BCUT2D eigenvalue weighted by molar-refractivity contribution is -0.137. The lowest BCUT2D eigenvalue weighted by Crippen LogP contribution is -2.45. The Morgan fingerprint density at radius 1 is 1.22 bits per heavy atom. The summed E-state index contributed by atoms with van der Waals surface area (Å²) in [6.45, 7) is 2.91. The van der Waals surface area contributed by atoms with Gasteiger partial charge in [0.1, 0.15) is 0 Å². The number of piperazine rings is 1. The smallest absolute Gasteiger partial charge is 0.314 e. The summed E-state index contributed by atoms with van der Waals surface area (Å²) in [6.07, 6.45) is -4.31. The number of nitrogens with zero attached hydrogens (tertiary/aromatic N) is 2. The van der Waals surface area contributed by atoms with Gasteiger partial charge in [-0.05, 0) is 23.8 Å². The van der Waals surface area contributed by atoms with Crippen LogP contribution < -0.4 is 5.32 Å². The molecule has 0 spiro atoms. The van der Waals surface area contributed by atoms with Gasteiger partial charge >= 0.3 is 6.18 Å². The van der Waals surface area contributed by atoms with Gasteiger partial charge in [-0.2, -0.15) is 18.4 Å². The molecule has 1 saturated heterocycles. The van der Waals surface area contributed by atoms with Gasteiger partial charge < -0.3 is 5.32 Å². The molecular formula is C14H17Cl3F3N3. The maximum atomic E-state index is 12.9. The molecule has 1 aliphatic rings. The molecule has 0 saturated carbocycles. The molecule has 0 aliphatic carbocycles. The standard InChI is InChI=1S/C14H15ClF3N3.2ClH/c15-12-8-10(7-11(9-12)14(16,17)18)13(1-2-19)21-5-3-20-4-6-21;;/h7-9,13,20H,1,3-6H2;2*1H/t13-;;/m0../s1. The second-order valence-corrected chi connectivity index (χ2v) is 5.37. The Morgan fingerprint density at radius 3 is 2.35 bits per heavy atom. The summed E-state index contributed by atoms with van der Waals surface area (Å²) >= 11 is 5.83. The molecule has 23 heavy (non-hydrogen) atoms. The number of hydrogen-bond acceptors (Lipinski definition) is 3. The number of benzene rings is 1. The highest BCUT2D eigenvalue weighted by Crippen LogP contribution is 2.35. The molecule has 1 aromatic carbocycles. The number of alkyl halides is 3. The number of hydrogen-bond donors (Lipinski definition) is 1. The van der Waals surface area contributed by atoms with Crippen molar-refractivity contribution in [1.82, 2.24) is 10.2 Å². The van der Waals surface area contributed by atoms with E-state index in [1.807, 2.05) is 4.90 Å². The van der Waals surface area contributed by atoms with Crippen LogP contribution in [-0.2, 0) is 6.18 Å². The van der Waals surface area contributed by atoms with Gasteiger partial charge in [-0.3, -0.25) is 4.90 Å². The number of halogens is 6. The van der Waals surface area contributed by atoms with Gasteiger partial charge in [-0.15, -0.1) is 24.8 Å². The zero-order valence-corrected chi connectivity index (χ0v) is 14.5. The summed E-state index contributed by atoms with van der Waals surface area (Å²) in [5, 5.41) is 12.2. The van der Waals surface area contributed by atoms with Crippen LogP contribution in [0.15, 0.2) is 18.2 Å². The summed E-state index contributed by atoms with van der Waals surface area (Å²) in [5.74, 6) is 0. The molecule has 0 amide bonds. The molecule has 2 rings (SSSR count). The Bertz CT molecular complexity index is 540. The van der Waals surface area contributed by atoms with Crippen LogP contribution in [0.1, 0.15) is 23.6 Å². The van der Waals surface area contributed by atoms with Crippen molar-refractivity contribution in [3.63, 3.8) is 0 Å². The van der Waals surface area contributed by atoms with Crippen LogP contribution in [0.25, 0.3) is 0 Å². The van der Waals surface area contributed by atoms with E-state index >= 15 is 0 Å². The van der Waals surface area contributed by atoms with Gasteiger partial charge in [-0.25, -0.2) is 0 Å². The van der Waals surface area contributed by atoms with Crippen LogP contribution in [0.3, 0.4) is 0 Å². The number of rotatable bonds is 3. The molecule has 0 aromatic heterocycles. The molecule has 0 unspecified atom stereocenters. The number of nitriles is 1. The van der Waals surface area contributed by atoms with E-state index in [9.17, 15) is 13.2 Å². The van der Waals surface area contributed by atoms with Crippen LogP contribution in [-0.4, -0.2) is 31.1 Å². The Morgan fingerprint density at radius 2 is 1.83 bits per heavy atom. The first-order chi connectivity index (χ1) is 9.91. The minimum atomic E-state index is -4.44. The van der Waals surface area contributed by atoms with E-state index in [0.29, 0.717) is 18.7 Å². The Labute approximate surface area is 150 Å². The van der Waals surface area contributed by atoms with Gasteiger partial charge in [0.2, 0.25) is 0 Å². The average molecular weight is 391 g/mol. The molecule has 1 N–H and O–H groups in total. The maximum Gasteiger partial charge on any atom is 0.416 e. The molecule has 1 heterocycles. The fourth-order valence-corrected chi connectivity index (χ4v) is 2.75. The Hall–Kier alpha value is -0.710. The van der Waals surface area contributed by atoms with Crippen molar-refractivity contribution in [2.75, 3.05) is 26.2 Å². The fourth-order valence-electron chi connectivity index (χ4n) is 2.51. The van der Waals surface area contributed by atoms with E-state index in [1.54, 1.807) is 0 Å². The predicted octanol–water partition coefficient (Wildman–Crippen LogP) is 4.06. The van der Waals surface area contributed by atoms with Crippen LogP contribution in [0, 0.1) is 11.3 Å². The summed E-state index contributed by atoms with van der Waals surface area (Å²) in [5.41, 5.74) is -0.332. The highest BCUT2D eigenvalue weighted by molar-refractivity contribution is 6.30. The van der Waals surface area contributed by atoms with Crippen LogP contribution >= 0.6 is 36.4 Å². The van der Waals surface area contributed by atoms with Crippen LogP contribution in [0.2, 0.25) is 5.02 Å². The van der Waals surface area contributed by atoms with E-state index in [0.717, 1.165) is 25.2 Å². The van der Waals surface area contributed by atoms with Gasteiger partial charge in [0.05, 0.1) is 18.1 Å². The van der Waals surface area contributed by atoms with Crippen LogP contribution in [0.4, 0.5) is 13.2 Å². The molecule has 1 aromatic rings. The van der Waals surface area contributed by atoms with Crippen molar-refractivity contribution < 1.29 is 13.2 Å². The van der Waals surface area contributed by atoms with E-state index in [4.69, 9.17) is 16.9 Å². The molecule has 1 fully saturated rings. The monoisotopic (exact) mass is 389 g/mol. The third-order valence-corrected chi connectivity index (χ3v) is 3.73. The van der Waals surface area contributed by atoms with E-state index in [1.165, 1.54) is 6.07 Å². The van der Waals surface area contributed by atoms with Crippen molar-refractivity contribution in [3.8, 4) is 6.07 Å². The summed E-state index contributed by atoms with van der Waals surface area (Å²) in [6, 6.07) is 5.21. The molecule has 0 bridgehead atoms. The second kappa shape index (κ2) is 9.55. The maximum absolute atomic E-state index is 12.9. The lowest BCUT2D eigenvalue weighted by atomic mass is 9.99. The van der Waals surface area contributed by atoms with E-state index in [-0.39, 0.29) is 42.3 Å². The Kier molecular flexibility index (Phi) is 9.26. The first-order valence-electron chi connectivity index (χ1n) is 6.61. The second-order valence-electron chi connectivity index (χ2n) is 4.94. The molecule has 3 nitrogen and oxygen atoms in total. The highest BCUT2D eigenvalue weighted by Gasteiger charge is 2.32. The third-order valence-electron chi connectivity index (χ3n) is 3.51. The van der Waals surface area contributed by atoms with Crippen molar-refractivity contribution in [3.05, 3.63) is 34.3 Å². The Balaban J connectivity index is 0.00000242. The topological polar surface area (TPSA) is 39.1 Å². The molecule has 9 heteroatoms. The zero-order valence-electron chi connectivity index (χ0n) is 12.1.